The molecule has 1 unspecified atom stereocenters. The van der Waals surface area contributed by atoms with Crippen molar-refractivity contribution < 1.29 is 8.42 Å². The molecular formula is C19H18Cl2O2S2. The number of rotatable bonds is 4. The summed E-state index contributed by atoms with van der Waals surface area (Å²) in [5.74, 6) is 0.385. The molecule has 132 valence electrons. The fourth-order valence-corrected chi connectivity index (χ4v) is 8.39. The van der Waals surface area contributed by atoms with Crippen LogP contribution in [-0.4, -0.2) is 18.8 Å². The largest absolute Gasteiger partial charge is 0.222 e. The monoisotopic (exact) mass is 412 g/mol. The van der Waals surface area contributed by atoms with Gasteiger partial charge in [0.2, 0.25) is 0 Å². The lowest BCUT2D eigenvalue weighted by Gasteiger charge is -2.30. The minimum absolute atomic E-state index is 0.0842. The second-order valence-electron chi connectivity index (χ2n) is 7.00. The molecule has 25 heavy (non-hydrogen) atoms. The fraction of sp³-hybridized carbons (Fsp3) is 0.368. The van der Waals surface area contributed by atoms with Gasteiger partial charge in [0.05, 0.1) is 14.9 Å². The van der Waals surface area contributed by atoms with Crippen LogP contribution in [0, 0.1) is 5.92 Å². The van der Waals surface area contributed by atoms with Gasteiger partial charge in [-0.3, -0.25) is 0 Å². The van der Waals surface area contributed by atoms with Crippen LogP contribution in [-0.2, 0) is 15.3 Å². The summed E-state index contributed by atoms with van der Waals surface area (Å²) < 4.78 is 26.0. The molecule has 0 radical (unpaired) electrons. The second kappa shape index (κ2) is 5.91. The number of hydrogen-bond acceptors (Lipinski definition) is 3. The van der Waals surface area contributed by atoms with E-state index >= 15 is 0 Å². The van der Waals surface area contributed by atoms with Crippen molar-refractivity contribution in [3.63, 3.8) is 0 Å². The third-order valence-corrected chi connectivity index (χ3v) is 10.9. The maximum absolute atomic E-state index is 13.4. The average Bonchev–Trinajstić information content (AvgIpc) is 3.20. The molecule has 6 heteroatoms. The SMILES string of the molecule is CSC1(S(=O)(=O)c2ccccc2)C[C@H]2C[C@@]2(c2ccc(Cl)c(Cl)c2)C1. The van der Waals surface area contributed by atoms with Gasteiger partial charge in [-0.1, -0.05) is 47.5 Å². The number of benzene rings is 2. The number of fused-ring (bicyclic) bond motifs is 1. The molecule has 2 fully saturated rings. The number of sulfone groups is 1. The predicted molar refractivity (Wildman–Crippen MR) is 105 cm³/mol. The van der Waals surface area contributed by atoms with Crippen LogP contribution in [0.1, 0.15) is 24.8 Å². The Bertz CT molecular complexity index is 930. The van der Waals surface area contributed by atoms with Crippen LogP contribution in [0.5, 0.6) is 0 Å². The quantitative estimate of drug-likeness (QED) is 0.657. The molecule has 0 aromatic heterocycles. The van der Waals surface area contributed by atoms with Gasteiger partial charge in [0.15, 0.2) is 9.84 Å². The van der Waals surface area contributed by atoms with Crippen molar-refractivity contribution in [3.05, 3.63) is 64.1 Å². The molecule has 0 spiro atoms. The Kier molecular flexibility index (Phi) is 4.19. The summed E-state index contributed by atoms with van der Waals surface area (Å²) in [7, 11) is -3.41. The molecule has 2 aromatic carbocycles. The van der Waals surface area contributed by atoms with E-state index in [0.717, 1.165) is 12.0 Å². The molecule has 0 amide bonds. The van der Waals surface area contributed by atoms with Crippen LogP contribution in [0.3, 0.4) is 0 Å². The molecule has 2 aromatic rings. The maximum atomic E-state index is 13.4. The normalized spacial score (nSPS) is 30.9. The first-order chi connectivity index (χ1) is 11.8. The van der Waals surface area contributed by atoms with Crippen molar-refractivity contribution in [2.75, 3.05) is 6.26 Å². The van der Waals surface area contributed by atoms with Crippen LogP contribution in [0.25, 0.3) is 0 Å². The van der Waals surface area contributed by atoms with Gasteiger partial charge in [0, 0.05) is 5.41 Å². The van der Waals surface area contributed by atoms with E-state index < -0.39 is 13.9 Å². The first kappa shape index (κ1) is 17.7. The highest BCUT2D eigenvalue weighted by molar-refractivity contribution is 8.14. The third-order valence-electron chi connectivity index (χ3n) is 5.78. The van der Waals surface area contributed by atoms with E-state index in [1.54, 1.807) is 24.3 Å². The van der Waals surface area contributed by atoms with Crippen LogP contribution in [0.15, 0.2) is 53.4 Å². The summed E-state index contributed by atoms with van der Waals surface area (Å²) in [5.41, 5.74) is 1.03. The van der Waals surface area contributed by atoms with Gasteiger partial charge in [-0.15, -0.1) is 11.8 Å². The first-order valence-corrected chi connectivity index (χ1v) is 11.6. The zero-order valence-corrected chi connectivity index (χ0v) is 16.9. The summed E-state index contributed by atoms with van der Waals surface area (Å²) in [6, 6.07) is 14.5. The van der Waals surface area contributed by atoms with E-state index in [1.807, 2.05) is 30.5 Å². The van der Waals surface area contributed by atoms with Crippen LogP contribution >= 0.6 is 35.0 Å². The summed E-state index contributed by atoms with van der Waals surface area (Å²) >= 11 is 13.7. The van der Waals surface area contributed by atoms with E-state index in [9.17, 15) is 8.42 Å². The fourth-order valence-electron chi connectivity index (χ4n) is 4.34. The molecule has 2 aliphatic carbocycles. The van der Waals surface area contributed by atoms with Gasteiger partial charge >= 0.3 is 0 Å². The van der Waals surface area contributed by atoms with Gasteiger partial charge in [-0.2, -0.15) is 0 Å². The Hall–Kier alpha value is -0.680. The summed E-state index contributed by atoms with van der Waals surface area (Å²) in [5, 5.41) is 1.07. The van der Waals surface area contributed by atoms with E-state index in [0.29, 0.717) is 33.7 Å². The second-order valence-corrected chi connectivity index (χ2v) is 11.5. The van der Waals surface area contributed by atoms with Crippen molar-refractivity contribution in [3.8, 4) is 0 Å². The van der Waals surface area contributed by atoms with Crippen molar-refractivity contribution in [1.82, 2.24) is 0 Å². The van der Waals surface area contributed by atoms with Gasteiger partial charge < -0.3 is 0 Å². The third kappa shape index (κ3) is 2.56. The van der Waals surface area contributed by atoms with E-state index in [4.69, 9.17) is 23.2 Å². The Balaban J connectivity index is 1.74. The topological polar surface area (TPSA) is 34.1 Å². The molecule has 2 saturated carbocycles. The Labute approximate surface area is 162 Å². The molecule has 4 rings (SSSR count). The zero-order chi connectivity index (χ0) is 17.9. The van der Waals surface area contributed by atoms with E-state index in [1.165, 1.54) is 11.8 Å². The molecule has 0 saturated heterocycles. The molecule has 2 nitrogen and oxygen atoms in total. The molecular weight excluding hydrogens is 395 g/mol. The highest BCUT2D eigenvalue weighted by atomic mass is 35.5. The lowest BCUT2D eigenvalue weighted by Crippen LogP contribution is -2.35. The highest BCUT2D eigenvalue weighted by Gasteiger charge is 2.69. The minimum atomic E-state index is -3.41. The van der Waals surface area contributed by atoms with Gasteiger partial charge in [-0.25, -0.2) is 8.42 Å². The van der Waals surface area contributed by atoms with Crippen molar-refractivity contribution >= 4 is 44.8 Å². The average molecular weight is 413 g/mol. The Morgan fingerprint density at radius 3 is 2.40 bits per heavy atom. The predicted octanol–water partition coefficient (Wildman–Crippen LogP) is 5.58. The zero-order valence-electron chi connectivity index (χ0n) is 13.7. The Morgan fingerprint density at radius 2 is 1.76 bits per heavy atom. The van der Waals surface area contributed by atoms with E-state index in [-0.39, 0.29) is 5.41 Å². The summed E-state index contributed by atoms with van der Waals surface area (Å²) in [6.45, 7) is 0. The van der Waals surface area contributed by atoms with Crippen molar-refractivity contribution in [2.24, 2.45) is 5.92 Å². The highest BCUT2D eigenvalue weighted by Crippen LogP contribution is 2.71. The van der Waals surface area contributed by atoms with Gasteiger partial charge in [0.1, 0.15) is 4.08 Å². The molecule has 0 heterocycles. The standard InChI is InChI=1S/C19H18Cl2O2S2/c1-24-19(25(22,23)15-5-3-2-4-6-15)11-14-10-18(14,12-19)13-7-8-16(20)17(21)9-13/h2-9,14H,10-12H2,1H3/t14-,18+,19?/m1/s1. The minimum Gasteiger partial charge on any atom is -0.222 e. The summed E-state index contributed by atoms with van der Waals surface area (Å²) in [4.78, 5) is 0.412. The van der Waals surface area contributed by atoms with E-state index in [2.05, 4.69) is 0 Å². The first-order valence-electron chi connectivity index (χ1n) is 8.15. The molecule has 2 aliphatic rings. The molecule has 0 N–H and O–H groups in total. The van der Waals surface area contributed by atoms with Crippen molar-refractivity contribution in [1.29, 1.82) is 0 Å². The molecule has 3 atom stereocenters. The molecule has 0 bridgehead atoms. The van der Waals surface area contributed by atoms with Gasteiger partial charge in [0.25, 0.3) is 0 Å². The van der Waals surface area contributed by atoms with Crippen LogP contribution in [0.4, 0.5) is 0 Å². The van der Waals surface area contributed by atoms with Crippen molar-refractivity contribution in [2.45, 2.75) is 33.7 Å². The number of hydrogen-bond donors (Lipinski definition) is 0. The number of halogens is 2. The lowest BCUT2D eigenvalue weighted by molar-refractivity contribution is 0.549. The lowest BCUT2D eigenvalue weighted by atomic mass is 9.93. The Morgan fingerprint density at radius 1 is 1.04 bits per heavy atom. The smallest absolute Gasteiger partial charge is 0.193 e. The van der Waals surface area contributed by atoms with Gasteiger partial charge in [-0.05, 0) is 61.3 Å². The molecule has 0 aliphatic heterocycles. The van der Waals surface area contributed by atoms with Crippen LogP contribution in [0.2, 0.25) is 10.0 Å². The maximum Gasteiger partial charge on any atom is 0.193 e. The van der Waals surface area contributed by atoms with Crippen LogP contribution < -0.4 is 0 Å². The number of thioether (sulfide) groups is 1. The summed E-state index contributed by atoms with van der Waals surface area (Å²) in [6.07, 6.45) is 4.25.